The van der Waals surface area contributed by atoms with Crippen LogP contribution in [0.5, 0.6) is 0 Å². The van der Waals surface area contributed by atoms with Crippen molar-refractivity contribution >= 4 is 17.5 Å². The van der Waals surface area contributed by atoms with Crippen LogP contribution in [-0.4, -0.2) is 32.4 Å². The molecule has 7 nitrogen and oxygen atoms in total. The van der Waals surface area contributed by atoms with E-state index < -0.39 is 6.04 Å². The molecule has 0 bridgehead atoms. The van der Waals surface area contributed by atoms with E-state index in [0.717, 1.165) is 22.5 Å². The molecule has 7 heteroatoms. The highest BCUT2D eigenvalue weighted by Gasteiger charge is 2.34. The Balaban J connectivity index is 1.76. The number of benzene rings is 2. The largest absolute Gasteiger partial charge is 0.396 e. The summed E-state index contributed by atoms with van der Waals surface area (Å²) < 4.78 is 1.79. The number of fused-ring (bicyclic) bond motifs is 1. The van der Waals surface area contributed by atoms with E-state index in [2.05, 4.69) is 53.7 Å². The third kappa shape index (κ3) is 4.68. The molecule has 1 aliphatic heterocycles. The number of aromatic nitrogens is 3. The molecule has 2 heterocycles. The lowest BCUT2D eigenvalue weighted by molar-refractivity contribution is -0.113. The average Bonchev–Trinajstić information content (AvgIpc) is 3.20. The summed E-state index contributed by atoms with van der Waals surface area (Å²) in [7, 11) is 0. The Hall–Kier alpha value is -3.45. The lowest BCUT2D eigenvalue weighted by Gasteiger charge is -2.29. The van der Waals surface area contributed by atoms with Crippen LogP contribution in [-0.2, 0) is 11.2 Å². The first-order chi connectivity index (χ1) is 15.9. The molecule has 2 aromatic carbocycles. The Morgan fingerprint density at radius 2 is 1.88 bits per heavy atom. The molecule has 3 aromatic rings. The highest BCUT2D eigenvalue weighted by molar-refractivity contribution is 6.06. The molecule has 33 heavy (non-hydrogen) atoms. The first kappa shape index (κ1) is 22.7. The molecule has 0 aliphatic carbocycles. The van der Waals surface area contributed by atoms with Crippen molar-refractivity contribution in [3.63, 3.8) is 0 Å². The van der Waals surface area contributed by atoms with Gasteiger partial charge >= 0.3 is 0 Å². The minimum atomic E-state index is -0.415. The Morgan fingerprint density at radius 3 is 2.55 bits per heavy atom. The van der Waals surface area contributed by atoms with Crippen LogP contribution in [0.25, 0.3) is 0 Å². The van der Waals surface area contributed by atoms with Gasteiger partial charge in [0.2, 0.25) is 5.95 Å². The van der Waals surface area contributed by atoms with Gasteiger partial charge in [-0.25, -0.2) is 4.68 Å². The molecule has 1 aliphatic rings. The number of aliphatic hydroxyl groups excluding tert-OH is 1. The Morgan fingerprint density at radius 1 is 1.15 bits per heavy atom. The van der Waals surface area contributed by atoms with E-state index in [1.165, 1.54) is 5.56 Å². The summed E-state index contributed by atoms with van der Waals surface area (Å²) in [6.07, 6.45) is 1.16. The van der Waals surface area contributed by atoms with E-state index in [1.807, 2.05) is 38.1 Å². The number of amides is 1. The van der Waals surface area contributed by atoms with Gasteiger partial charge in [0.05, 0.1) is 5.57 Å². The SMILES string of the molecule is CC1=C(C(=O)Nc2ccccc2C)C(c2ccc(C(C)C)cc2)n2nc(CCCO)nc2N1. The van der Waals surface area contributed by atoms with Gasteiger partial charge in [0.1, 0.15) is 6.04 Å². The fourth-order valence-electron chi connectivity index (χ4n) is 4.11. The zero-order valence-corrected chi connectivity index (χ0v) is 19.6. The van der Waals surface area contributed by atoms with Gasteiger partial charge in [-0.15, -0.1) is 0 Å². The number of carbonyl (C=O) groups excluding carboxylic acids is 1. The number of anilines is 2. The fourth-order valence-corrected chi connectivity index (χ4v) is 4.11. The second kappa shape index (κ2) is 9.58. The van der Waals surface area contributed by atoms with Crippen molar-refractivity contribution in [3.05, 3.63) is 82.3 Å². The molecule has 1 amide bonds. The van der Waals surface area contributed by atoms with Gasteiger partial charge < -0.3 is 15.7 Å². The van der Waals surface area contributed by atoms with Crippen molar-refractivity contribution in [1.82, 2.24) is 14.8 Å². The second-order valence-electron chi connectivity index (χ2n) is 8.78. The van der Waals surface area contributed by atoms with E-state index in [4.69, 9.17) is 5.10 Å². The number of nitrogens with one attached hydrogen (secondary N) is 2. The molecule has 1 atom stereocenters. The number of rotatable bonds is 7. The number of carbonyl (C=O) groups is 1. The highest BCUT2D eigenvalue weighted by Crippen LogP contribution is 2.36. The minimum Gasteiger partial charge on any atom is -0.396 e. The third-order valence-corrected chi connectivity index (χ3v) is 6.01. The number of aryl methyl sites for hydroxylation is 2. The van der Waals surface area contributed by atoms with E-state index in [1.54, 1.807) is 4.68 Å². The number of hydrogen-bond donors (Lipinski definition) is 3. The van der Waals surface area contributed by atoms with Crippen LogP contribution in [0, 0.1) is 6.92 Å². The molecule has 1 aromatic heterocycles. The number of allylic oxidation sites excluding steroid dienone is 1. The van der Waals surface area contributed by atoms with Gasteiger partial charge in [-0.2, -0.15) is 10.1 Å². The first-order valence-corrected chi connectivity index (χ1v) is 11.4. The number of para-hydroxylation sites is 1. The van der Waals surface area contributed by atoms with Gasteiger partial charge in [0, 0.05) is 24.4 Å². The van der Waals surface area contributed by atoms with E-state index in [0.29, 0.717) is 36.1 Å². The van der Waals surface area contributed by atoms with Gasteiger partial charge in [0.25, 0.3) is 5.91 Å². The van der Waals surface area contributed by atoms with Crippen LogP contribution in [0.15, 0.2) is 59.8 Å². The van der Waals surface area contributed by atoms with Crippen molar-refractivity contribution in [3.8, 4) is 0 Å². The zero-order chi connectivity index (χ0) is 23.5. The van der Waals surface area contributed by atoms with E-state index in [9.17, 15) is 9.90 Å². The van der Waals surface area contributed by atoms with E-state index in [-0.39, 0.29) is 12.5 Å². The first-order valence-electron chi connectivity index (χ1n) is 11.4. The van der Waals surface area contributed by atoms with Gasteiger partial charge in [0.15, 0.2) is 5.82 Å². The Bertz CT molecular complexity index is 1180. The van der Waals surface area contributed by atoms with E-state index >= 15 is 0 Å². The van der Waals surface area contributed by atoms with Crippen molar-refractivity contribution in [1.29, 1.82) is 0 Å². The van der Waals surface area contributed by atoms with Crippen molar-refractivity contribution in [2.24, 2.45) is 0 Å². The monoisotopic (exact) mass is 445 g/mol. The molecular weight excluding hydrogens is 414 g/mol. The maximum absolute atomic E-state index is 13.6. The predicted molar refractivity (Wildman–Crippen MR) is 130 cm³/mol. The Kier molecular flexibility index (Phi) is 6.60. The third-order valence-electron chi connectivity index (χ3n) is 6.01. The van der Waals surface area contributed by atoms with Crippen molar-refractivity contribution < 1.29 is 9.90 Å². The molecule has 0 radical (unpaired) electrons. The summed E-state index contributed by atoms with van der Waals surface area (Å²) in [5.41, 5.74) is 5.33. The fraction of sp³-hybridized carbons (Fsp3) is 0.346. The maximum atomic E-state index is 13.6. The molecule has 4 rings (SSSR count). The summed E-state index contributed by atoms with van der Waals surface area (Å²) in [5, 5.41) is 20.3. The number of aliphatic hydroxyl groups is 1. The minimum absolute atomic E-state index is 0.0821. The molecule has 0 saturated carbocycles. The molecular formula is C26H31N5O2. The molecule has 0 saturated heterocycles. The van der Waals surface area contributed by atoms with Crippen molar-refractivity contribution in [2.75, 3.05) is 17.2 Å². The van der Waals surface area contributed by atoms with Gasteiger partial charge in [-0.05, 0) is 48.9 Å². The van der Waals surface area contributed by atoms with Crippen LogP contribution in [0.3, 0.4) is 0 Å². The summed E-state index contributed by atoms with van der Waals surface area (Å²) in [5.74, 6) is 1.49. The Labute approximate surface area is 194 Å². The smallest absolute Gasteiger partial charge is 0.255 e. The summed E-state index contributed by atoms with van der Waals surface area (Å²) in [6.45, 7) is 8.27. The molecule has 172 valence electrons. The lowest BCUT2D eigenvalue weighted by atomic mass is 9.92. The van der Waals surface area contributed by atoms with Gasteiger partial charge in [-0.1, -0.05) is 56.3 Å². The van der Waals surface area contributed by atoms with Crippen LogP contribution in [0.4, 0.5) is 11.6 Å². The van der Waals surface area contributed by atoms with Crippen LogP contribution in [0.2, 0.25) is 0 Å². The number of nitrogens with zero attached hydrogens (tertiary/aromatic N) is 3. The molecule has 0 fully saturated rings. The molecule has 1 unspecified atom stereocenters. The maximum Gasteiger partial charge on any atom is 0.255 e. The average molecular weight is 446 g/mol. The van der Waals surface area contributed by atoms with Crippen LogP contribution < -0.4 is 10.6 Å². The molecule has 0 spiro atoms. The summed E-state index contributed by atoms with van der Waals surface area (Å²) in [6, 6.07) is 15.7. The second-order valence-corrected chi connectivity index (χ2v) is 8.78. The topological polar surface area (TPSA) is 92.1 Å². The highest BCUT2D eigenvalue weighted by atomic mass is 16.3. The predicted octanol–water partition coefficient (Wildman–Crippen LogP) is 4.56. The standard InChI is InChI=1S/C26H31N5O2/c1-16(2)19-11-13-20(14-12-19)24-23(25(33)28-21-9-6-5-8-17(21)3)18(4)27-26-29-22(10-7-15-32)30-31(24)26/h5-6,8-9,11-14,16,24,32H,7,10,15H2,1-4H3,(H,28,33)(H,27,29,30). The van der Waals surface area contributed by atoms with Crippen molar-refractivity contribution in [2.45, 2.75) is 52.5 Å². The zero-order valence-electron chi connectivity index (χ0n) is 19.6. The number of hydrogen-bond acceptors (Lipinski definition) is 5. The quantitative estimate of drug-likeness (QED) is 0.496. The summed E-state index contributed by atoms with van der Waals surface area (Å²) in [4.78, 5) is 18.2. The molecule has 3 N–H and O–H groups in total. The van der Waals surface area contributed by atoms with Crippen LogP contribution in [0.1, 0.15) is 61.7 Å². The summed E-state index contributed by atoms with van der Waals surface area (Å²) >= 11 is 0. The van der Waals surface area contributed by atoms with Crippen LogP contribution >= 0.6 is 0 Å². The normalized spacial score (nSPS) is 15.4. The lowest BCUT2D eigenvalue weighted by Crippen LogP contribution is -2.31. The van der Waals surface area contributed by atoms with Gasteiger partial charge in [-0.3, -0.25) is 4.79 Å².